The zero-order chi connectivity index (χ0) is 20.4. The molecule has 0 aliphatic rings. The molecule has 28 heavy (non-hydrogen) atoms. The highest BCUT2D eigenvalue weighted by molar-refractivity contribution is 6.33. The van der Waals surface area contributed by atoms with Crippen molar-refractivity contribution in [3.05, 3.63) is 63.8 Å². The van der Waals surface area contributed by atoms with Crippen molar-refractivity contribution in [1.82, 2.24) is 19.6 Å². The lowest BCUT2D eigenvalue weighted by Gasteiger charge is -2.11. The topological polar surface area (TPSA) is 102 Å². The van der Waals surface area contributed by atoms with Crippen molar-refractivity contribution >= 4 is 40.9 Å². The summed E-state index contributed by atoms with van der Waals surface area (Å²) in [5, 5.41) is 20.0. The fourth-order valence-corrected chi connectivity index (χ4v) is 2.91. The molecule has 0 saturated carbocycles. The third kappa shape index (κ3) is 4.00. The van der Waals surface area contributed by atoms with Crippen molar-refractivity contribution in [3.63, 3.8) is 0 Å². The van der Waals surface area contributed by atoms with Crippen molar-refractivity contribution in [2.75, 3.05) is 5.32 Å². The fraction of sp³-hybridized carbons (Fsp3) is 0.176. The van der Waals surface area contributed by atoms with E-state index in [1.54, 1.807) is 6.07 Å². The van der Waals surface area contributed by atoms with Gasteiger partial charge in [0.25, 0.3) is 5.91 Å². The number of amides is 1. The Morgan fingerprint density at radius 1 is 1.29 bits per heavy atom. The van der Waals surface area contributed by atoms with Crippen LogP contribution in [0, 0.1) is 5.82 Å². The quantitative estimate of drug-likeness (QED) is 0.629. The van der Waals surface area contributed by atoms with Gasteiger partial charge in [-0.15, -0.1) is 0 Å². The van der Waals surface area contributed by atoms with Gasteiger partial charge in [0, 0.05) is 23.0 Å². The number of carboxylic acids is 1. The highest BCUT2D eigenvalue weighted by atomic mass is 35.5. The van der Waals surface area contributed by atoms with Gasteiger partial charge in [0.1, 0.15) is 22.6 Å². The average molecular weight is 426 g/mol. The van der Waals surface area contributed by atoms with Gasteiger partial charge < -0.3 is 10.4 Å². The van der Waals surface area contributed by atoms with Crippen LogP contribution in [0.15, 0.2) is 36.7 Å². The summed E-state index contributed by atoms with van der Waals surface area (Å²) >= 11 is 12.1. The van der Waals surface area contributed by atoms with Crippen LogP contribution in [0.4, 0.5) is 10.2 Å². The molecule has 1 aromatic carbocycles. The van der Waals surface area contributed by atoms with Crippen LogP contribution in [0.2, 0.25) is 10.0 Å². The summed E-state index contributed by atoms with van der Waals surface area (Å²) in [7, 11) is 0. The second kappa shape index (κ2) is 7.99. The van der Waals surface area contributed by atoms with Crippen LogP contribution in [0.5, 0.6) is 0 Å². The molecule has 3 rings (SSSR count). The van der Waals surface area contributed by atoms with Gasteiger partial charge in [-0.1, -0.05) is 29.3 Å². The van der Waals surface area contributed by atoms with E-state index in [0.29, 0.717) is 0 Å². The van der Waals surface area contributed by atoms with Crippen LogP contribution in [-0.2, 0) is 11.3 Å². The lowest BCUT2D eigenvalue weighted by molar-refractivity contribution is -0.140. The molecular weight excluding hydrogens is 412 g/mol. The van der Waals surface area contributed by atoms with Gasteiger partial charge in [-0.2, -0.15) is 10.2 Å². The minimum absolute atomic E-state index is 0.00901. The van der Waals surface area contributed by atoms with Crippen molar-refractivity contribution in [1.29, 1.82) is 0 Å². The number of halogens is 3. The normalized spacial score (nSPS) is 12.0. The molecule has 2 aromatic heterocycles. The number of carbonyl (C=O) groups excluding carboxylic acids is 1. The molecule has 3 aromatic rings. The van der Waals surface area contributed by atoms with Gasteiger partial charge >= 0.3 is 5.97 Å². The van der Waals surface area contributed by atoms with Gasteiger partial charge in [0.15, 0.2) is 5.82 Å². The van der Waals surface area contributed by atoms with Crippen LogP contribution >= 0.6 is 23.2 Å². The summed E-state index contributed by atoms with van der Waals surface area (Å²) < 4.78 is 16.3. The molecule has 0 aliphatic carbocycles. The third-order valence-electron chi connectivity index (χ3n) is 3.96. The molecule has 0 fully saturated rings. The van der Waals surface area contributed by atoms with E-state index in [2.05, 4.69) is 15.5 Å². The SMILES string of the molecule is CC(C(=O)O)n1nccc1C(=O)Nc1nn(Cc2c(F)cccc2Cl)cc1Cl. The Balaban J connectivity index is 1.80. The maximum atomic E-state index is 13.9. The number of rotatable bonds is 6. The van der Waals surface area contributed by atoms with Crippen molar-refractivity contribution in [2.45, 2.75) is 19.5 Å². The number of anilines is 1. The minimum Gasteiger partial charge on any atom is -0.480 e. The zero-order valence-corrected chi connectivity index (χ0v) is 15.9. The first-order valence-corrected chi connectivity index (χ1v) is 8.77. The summed E-state index contributed by atoms with van der Waals surface area (Å²) in [5.41, 5.74) is 0.257. The molecule has 0 saturated heterocycles. The van der Waals surface area contributed by atoms with Crippen LogP contribution < -0.4 is 5.32 Å². The largest absolute Gasteiger partial charge is 0.480 e. The summed E-state index contributed by atoms with van der Waals surface area (Å²) in [6, 6.07) is 4.66. The molecule has 146 valence electrons. The number of nitrogens with one attached hydrogen (secondary N) is 1. The second-order valence-electron chi connectivity index (χ2n) is 5.85. The highest BCUT2D eigenvalue weighted by Gasteiger charge is 2.22. The summed E-state index contributed by atoms with van der Waals surface area (Å²) in [6.45, 7) is 1.40. The number of carbonyl (C=O) groups is 2. The Hall–Kier alpha value is -2.91. The Kier molecular flexibility index (Phi) is 5.66. The minimum atomic E-state index is -1.14. The van der Waals surface area contributed by atoms with Crippen molar-refractivity contribution < 1.29 is 19.1 Å². The molecular formula is C17H14Cl2FN5O3. The third-order valence-corrected chi connectivity index (χ3v) is 4.59. The van der Waals surface area contributed by atoms with E-state index in [1.165, 1.54) is 42.2 Å². The summed E-state index contributed by atoms with van der Waals surface area (Å²) in [5.74, 6) is -2.23. The molecule has 0 aliphatic heterocycles. The predicted octanol–water partition coefficient (Wildman–Crippen LogP) is 3.47. The lowest BCUT2D eigenvalue weighted by Crippen LogP contribution is -2.24. The monoisotopic (exact) mass is 425 g/mol. The molecule has 8 nitrogen and oxygen atoms in total. The first kappa shape index (κ1) is 19.8. The molecule has 1 unspecified atom stereocenters. The molecule has 2 heterocycles. The van der Waals surface area contributed by atoms with Gasteiger partial charge in [-0.25, -0.2) is 13.9 Å². The molecule has 1 atom stereocenters. The maximum Gasteiger partial charge on any atom is 0.328 e. The number of nitrogens with zero attached hydrogens (tertiary/aromatic N) is 4. The molecule has 0 radical (unpaired) electrons. The van der Waals surface area contributed by atoms with Gasteiger partial charge in [0.05, 0.1) is 6.54 Å². The number of benzene rings is 1. The molecule has 0 bridgehead atoms. The standard InChI is InChI=1S/C17H14Cl2FN5O3/c1-9(17(27)28)25-14(5-6-21-25)16(26)22-15-12(19)8-24(23-15)7-10-11(18)3-2-4-13(10)20/h2-6,8-9H,7H2,1H3,(H,27,28)(H,22,23,26). The maximum absolute atomic E-state index is 13.9. The summed E-state index contributed by atoms with van der Waals surface area (Å²) in [4.78, 5) is 23.6. The van der Waals surface area contributed by atoms with Crippen LogP contribution in [0.25, 0.3) is 0 Å². The fourth-order valence-electron chi connectivity index (χ4n) is 2.49. The van der Waals surface area contributed by atoms with E-state index in [0.717, 1.165) is 4.68 Å². The molecule has 11 heteroatoms. The van der Waals surface area contributed by atoms with E-state index in [-0.39, 0.29) is 33.7 Å². The van der Waals surface area contributed by atoms with Gasteiger partial charge in [-0.3, -0.25) is 9.48 Å². The number of hydrogen-bond donors (Lipinski definition) is 2. The van der Waals surface area contributed by atoms with Gasteiger partial charge in [-0.05, 0) is 25.1 Å². The van der Waals surface area contributed by atoms with E-state index >= 15 is 0 Å². The average Bonchev–Trinajstić information content (AvgIpc) is 3.25. The van der Waals surface area contributed by atoms with E-state index in [1.807, 2.05) is 0 Å². The Morgan fingerprint density at radius 2 is 2.04 bits per heavy atom. The van der Waals surface area contributed by atoms with Gasteiger partial charge in [0.2, 0.25) is 0 Å². The number of aliphatic carboxylic acids is 1. The van der Waals surface area contributed by atoms with Crippen molar-refractivity contribution in [2.24, 2.45) is 0 Å². The van der Waals surface area contributed by atoms with Crippen LogP contribution in [0.1, 0.15) is 29.0 Å². The van der Waals surface area contributed by atoms with Crippen LogP contribution in [0.3, 0.4) is 0 Å². The zero-order valence-electron chi connectivity index (χ0n) is 14.4. The lowest BCUT2D eigenvalue weighted by atomic mass is 10.2. The van der Waals surface area contributed by atoms with E-state index in [4.69, 9.17) is 28.3 Å². The van der Waals surface area contributed by atoms with E-state index in [9.17, 15) is 14.0 Å². The van der Waals surface area contributed by atoms with Crippen LogP contribution in [-0.4, -0.2) is 36.5 Å². The Morgan fingerprint density at radius 3 is 2.71 bits per heavy atom. The highest BCUT2D eigenvalue weighted by Crippen LogP contribution is 2.24. The first-order valence-electron chi connectivity index (χ1n) is 8.01. The number of carboxylic acid groups (broad SMARTS) is 1. The summed E-state index contributed by atoms with van der Waals surface area (Å²) in [6.07, 6.45) is 2.73. The first-order chi connectivity index (χ1) is 13.3. The second-order valence-corrected chi connectivity index (χ2v) is 6.67. The molecule has 2 N–H and O–H groups in total. The molecule has 1 amide bonds. The smallest absolute Gasteiger partial charge is 0.328 e. The number of aromatic nitrogens is 4. The van der Waals surface area contributed by atoms with Crippen molar-refractivity contribution in [3.8, 4) is 0 Å². The predicted molar refractivity (Wildman–Crippen MR) is 100 cm³/mol. The Labute approximate surface area is 168 Å². The van der Waals surface area contributed by atoms with E-state index < -0.39 is 23.7 Å². The Bertz CT molecular complexity index is 1030. The molecule has 0 spiro atoms. The number of hydrogen-bond acceptors (Lipinski definition) is 4.